The molecule has 2 N–H and O–H groups in total. The van der Waals surface area contributed by atoms with Crippen LogP contribution in [0.25, 0.3) is 0 Å². The zero-order chi connectivity index (χ0) is 12.4. The van der Waals surface area contributed by atoms with Gasteiger partial charge in [-0.15, -0.1) is 0 Å². The molecule has 3 nitrogen and oxygen atoms in total. The maximum absolute atomic E-state index is 9.86. The van der Waals surface area contributed by atoms with Crippen LogP contribution in [0.5, 0.6) is 0 Å². The fourth-order valence-corrected chi connectivity index (χ4v) is 2.93. The molecular formula is C13H19BrN2O. The number of benzene rings is 1. The molecule has 0 aliphatic carbocycles. The minimum atomic E-state index is -0.312. The predicted octanol–water partition coefficient (Wildman–Crippen LogP) is 1.92. The Balaban J connectivity index is 2.24. The predicted molar refractivity (Wildman–Crippen MR) is 74.6 cm³/mol. The maximum Gasteiger partial charge on any atom is 0.0839 e. The van der Waals surface area contributed by atoms with Crippen molar-refractivity contribution in [1.29, 1.82) is 0 Å². The van der Waals surface area contributed by atoms with Gasteiger partial charge in [0.25, 0.3) is 0 Å². The summed E-state index contributed by atoms with van der Waals surface area (Å²) in [5.74, 6) is 0. The largest absolute Gasteiger partial charge is 0.390 e. The lowest BCUT2D eigenvalue weighted by molar-refractivity contribution is 0.183. The molecule has 94 valence electrons. The molecule has 0 saturated carbocycles. The van der Waals surface area contributed by atoms with E-state index in [4.69, 9.17) is 0 Å². The van der Waals surface area contributed by atoms with Gasteiger partial charge in [-0.3, -0.25) is 0 Å². The quantitative estimate of drug-likeness (QED) is 0.831. The SMILES string of the molecule is Cc1ccc(N2CC(O)CNC(C)C2)c(Br)c1. The van der Waals surface area contributed by atoms with Crippen LogP contribution in [0.3, 0.4) is 0 Å². The van der Waals surface area contributed by atoms with Gasteiger partial charge >= 0.3 is 0 Å². The smallest absolute Gasteiger partial charge is 0.0839 e. The molecule has 1 aliphatic rings. The summed E-state index contributed by atoms with van der Waals surface area (Å²) in [4.78, 5) is 2.23. The van der Waals surface area contributed by atoms with Crippen molar-refractivity contribution in [3.05, 3.63) is 28.2 Å². The normalized spacial score (nSPS) is 25.8. The van der Waals surface area contributed by atoms with Crippen LogP contribution in [0.15, 0.2) is 22.7 Å². The summed E-state index contributed by atoms with van der Waals surface area (Å²) in [5, 5.41) is 13.2. The Hall–Kier alpha value is -0.580. The van der Waals surface area contributed by atoms with E-state index in [1.165, 1.54) is 5.56 Å². The molecule has 1 fully saturated rings. The average Bonchev–Trinajstić information content (AvgIpc) is 2.40. The second-order valence-corrected chi connectivity index (χ2v) is 5.68. The molecule has 1 saturated heterocycles. The Labute approximate surface area is 111 Å². The third-order valence-corrected chi connectivity index (χ3v) is 3.71. The van der Waals surface area contributed by atoms with Crippen LogP contribution in [0.4, 0.5) is 5.69 Å². The van der Waals surface area contributed by atoms with Crippen molar-refractivity contribution < 1.29 is 5.11 Å². The third kappa shape index (κ3) is 3.21. The van der Waals surface area contributed by atoms with Crippen LogP contribution in [0.2, 0.25) is 0 Å². The highest BCUT2D eigenvalue weighted by molar-refractivity contribution is 9.10. The molecule has 1 heterocycles. The van der Waals surface area contributed by atoms with Gasteiger partial charge in [-0.1, -0.05) is 6.07 Å². The summed E-state index contributed by atoms with van der Waals surface area (Å²) in [5.41, 5.74) is 2.40. The van der Waals surface area contributed by atoms with Gasteiger partial charge in [0.15, 0.2) is 0 Å². The zero-order valence-electron chi connectivity index (χ0n) is 10.3. The molecule has 0 bridgehead atoms. The van der Waals surface area contributed by atoms with E-state index in [-0.39, 0.29) is 6.10 Å². The second kappa shape index (κ2) is 5.38. The van der Waals surface area contributed by atoms with Crippen LogP contribution in [-0.4, -0.2) is 36.9 Å². The number of nitrogens with zero attached hydrogens (tertiary/aromatic N) is 1. The number of nitrogens with one attached hydrogen (secondary N) is 1. The zero-order valence-corrected chi connectivity index (χ0v) is 11.9. The summed E-state index contributed by atoms with van der Waals surface area (Å²) in [6.45, 7) is 6.49. The molecule has 0 aromatic heterocycles. The summed E-state index contributed by atoms with van der Waals surface area (Å²) in [6, 6.07) is 6.73. The van der Waals surface area contributed by atoms with Gasteiger partial charge in [0.2, 0.25) is 0 Å². The molecule has 2 rings (SSSR count). The maximum atomic E-state index is 9.86. The molecule has 2 unspecified atom stereocenters. The second-order valence-electron chi connectivity index (χ2n) is 4.82. The van der Waals surface area contributed by atoms with Crippen LogP contribution < -0.4 is 10.2 Å². The van der Waals surface area contributed by atoms with E-state index < -0.39 is 0 Å². The van der Waals surface area contributed by atoms with Crippen molar-refractivity contribution in [1.82, 2.24) is 5.32 Å². The first kappa shape index (κ1) is 12.9. The van der Waals surface area contributed by atoms with Crippen molar-refractivity contribution in [3.8, 4) is 0 Å². The molecule has 1 aliphatic heterocycles. The Morgan fingerprint density at radius 3 is 2.88 bits per heavy atom. The first-order chi connectivity index (χ1) is 8.06. The monoisotopic (exact) mass is 298 g/mol. The molecule has 17 heavy (non-hydrogen) atoms. The number of aliphatic hydroxyl groups excluding tert-OH is 1. The highest BCUT2D eigenvalue weighted by Gasteiger charge is 2.21. The topological polar surface area (TPSA) is 35.5 Å². The van der Waals surface area contributed by atoms with E-state index in [9.17, 15) is 5.11 Å². The van der Waals surface area contributed by atoms with Crippen LogP contribution >= 0.6 is 15.9 Å². The van der Waals surface area contributed by atoms with Gasteiger partial charge < -0.3 is 15.3 Å². The molecule has 1 aromatic rings. The third-order valence-electron chi connectivity index (χ3n) is 3.07. The minimum Gasteiger partial charge on any atom is -0.390 e. The van der Waals surface area contributed by atoms with Gasteiger partial charge in [-0.2, -0.15) is 0 Å². The minimum absolute atomic E-state index is 0.312. The van der Waals surface area contributed by atoms with E-state index in [2.05, 4.69) is 58.2 Å². The summed E-state index contributed by atoms with van der Waals surface area (Å²) < 4.78 is 1.10. The average molecular weight is 299 g/mol. The van der Waals surface area contributed by atoms with E-state index in [1.807, 2.05) is 0 Å². The number of aliphatic hydroxyl groups is 1. The molecule has 2 atom stereocenters. The first-order valence-electron chi connectivity index (χ1n) is 5.99. The summed E-state index contributed by atoms with van der Waals surface area (Å²) in [7, 11) is 0. The van der Waals surface area contributed by atoms with Crippen molar-refractivity contribution in [2.24, 2.45) is 0 Å². The molecule has 4 heteroatoms. The highest BCUT2D eigenvalue weighted by Crippen LogP contribution is 2.28. The van der Waals surface area contributed by atoms with Gasteiger partial charge in [0, 0.05) is 30.1 Å². The van der Waals surface area contributed by atoms with E-state index in [0.717, 1.165) is 16.7 Å². The van der Waals surface area contributed by atoms with Gasteiger partial charge in [0.05, 0.1) is 11.8 Å². The molecule has 1 aromatic carbocycles. The lowest BCUT2D eigenvalue weighted by Crippen LogP contribution is -2.35. The van der Waals surface area contributed by atoms with Crippen molar-refractivity contribution >= 4 is 21.6 Å². The number of rotatable bonds is 1. The number of β-amino-alcohol motifs (C(OH)–C–C–N with tert-alkyl or cyclic N) is 1. The Morgan fingerprint density at radius 1 is 1.41 bits per heavy atom. The lowest BCUT2D eigenvalue weighted by atomic mass is 10.2. The van der Waals surface area contributed by atoms with Crippen LogP contribution in [0, 0.1) is 6.92 Å². The Kier molecular flexibility index (Phi) is 4.07. The number of halogens is 1. The van der Waals surface area contributed by atoms with Gasteiger partial charge in [-0.05, 0) is 47.5 Å². The van der Waals surface area contributed by atoms with Crippen molar-refractivity contribution in [2.45, 2.75) is 26.0 Å². The van der Waals surface area contributed by atoms with E-state index >= 15 is 0 Å². The van der Waals surface area contributed by atoms with Crippen molar-refractivity contribution in [3.63, 3.8) is 0 Å². The number of anilines is 1. The molecule has 0 spiro atoms. The fraction of sp³-hybridized carbons (Fsp3) is 0.538. The molecular weight excluding hydrogens is 280 g/mol. The Bertz CT molecular complexity index is 385. The number of hydrogen-bond acceptors (Lipinski definition) is 3. The highest BCUT2D eigenvalue weighted by atomic mass is 79.9. The van der Waals surface area contributed by atoms with Crippen molar-refractivity contribution in [2.75, 3.05) is 24.5 Å². The molecule has 0 amide bonds. The van der Waals surface area contributed by atoms with Gasteiger partial charge in [-0.25, -0.2) is 0 Å². The molecule has 0 radical (unpaired) electrons. The van der Waals surface area contributed by atoms with Crippen LogP contribution in [0.1, 0.15) is 12.5 Å². The van der Waals surface area contributed by atoms with Crippen LogP contribution in [-0.2, 0) is 0 Å². The Morgan fingerprint density at radius 2 is 2.18 bits per heavy atom. The number of hydrogen-bond donors (Lipinski definition) is 2. The first-order valence-corrected chi connectivity index (χ1v) is 6.78. The van der Waals surface area contributed by atoms with E-state index in [0.29, 0.717) is 19.1 Å². The number of aryl methyl sites for hydroxylation is 1. The summed E-state index contributed by atoms with van der Waals surface area (Å²) >= 11 is 3.60. The summed E-state index contributed by atoms with van der Waals surface area (Å²) in [6.07, 6.45) is -0.312. The standard InChI is InChI=1S/C13H19BrN2O/c1-9-3-4-13(12(14)5-9)16-7-10(2)15-6-11(17)8-16/h3-5,10-11,15,17H,6-8H2,1-2H3. The van der Waals surface area contributed by atoms with Gasteiger partial charge in [0.1, 0.15) is 0 Å². The fourth-order valence-electron chi connectivity index (χ4n) is 2.19. The van der Waals surface area contributed by atoms with E-state index in [1.54, 1.807) is 0 Å². The lowest BCUT2D eigenvalue weighted by Gasteiger charge is -2.27.